The molecule has 1 amide bonds. The maximum atomic E-state index is 12.9. The Labute approximate surface area is 337 Å². The molecular formula is C46H87NO8. The highest BCUT2D eigenvalue weighted by molar-refractivity contribution is 5.76. The third-order valence-corrected chi connectivity index (χ3v) is 11.0. The Hall–Kier alpha value is -1.33. The van der Waals surface area contributed by atoms with E-state index in [4.69, 9.17) is 9.47 Å². The van der Waals surface area contributed by atoms with Crippen molar-refractivity contribution in [3.8, 4) is 0 Å². The van der Waals surface area contributed by atoms with Gasteiger partial charge < -0.3 is 40.3 Å². The van der Waals surface area contributed by atoms with E-state index in [2.05, 4.69) is 31.3 Å². The normalized spacial score (nSPS) is 21.5. The standard InChI is InChI=1S/C46H87NO8/c1-3-5-7-9-11-13-15-17-19-20-21-22-24-26-28-30-32-34-36-42(50)47-39(38-54-46-45(53)44(52)43(51)41(37-48)55-46)40(49)35-33-31-29-27-25-23-18-16-14-12-10-8-6-4-2/h25,27,33,35,39-41,43-46,48-49,51-53H,3-24,26,28-32,34,36-38H2,1-2H3,(H,47,50)/b27-25+,35-33+. The van der Waals surface area contributed by atoms with Gasteiger partial charge in [0.2, 0.25) is 5.91 Å². The number of carbonyl (C=O) groups is 1. The van der Waals surface area contributed by atoms with Crippen LogP contribution in [-0.2, 0) is 14.3 Å². The first-order valence-corrected chi connectivity index (χ1v) is 23.1. The van der Waals surface area contributed by atoms with Gasteiger partial charge in [-0.2, -0.15) is 0 Å². The zero-order chi connectivity index (χ0) is 40.2. The van der Waals surface area contributed by atoms with Gasteiger partial charge in [-0.05, 0) is 32.1 Å². The molecule has 0 aromatic heterocycles. The van der Waals surface area contributed by atoms with Crippen LogP contribution in [-0.4, -0.2) is 87.5 Å². The molecule has 0 saturated carbocycles. The fourth-order valence-corrected chi connectivity index (χ4v) is 7.29. The predicted molar refractivity (Wildman–Crippen MR) is 226 cm³/mol. The van der Waals surface area contributed by atoms with Gasteiger partial charge in [0.1, 0.15) is 24.4 Å². The quantitative estimate of drug-likeness (QED) is 0.0268. The second-order valence-corrected chi connectivity index (χ2v) is 16.2. The molecule has 9 nitrogen and oxygen atoms in total. The van der Waals surface area contributed by atoms with E-state index in [1.54, 1.807) is 6.08 Å². The summed E-state index contributed by atoms with van der Waals surface area (Å²) in [6, 6.07) is -0.816. The van der Waals surface area contributed by atoms with E-state index in [1.165, 1.54) is 148 Å². The first kappa shape index (κ1) is 51.7. The molecule has 1 aliphatic heterocycles. The van der Waals surface area contributed by atoms with Crippen LogP contribution in [0.3, 0.4) is 0 Å². The van der Waals surface area contributed by atoms with Crippen LogP contribution in [0.1, 0.15) is 206 Å². The molecule has 0 spiro atoms. The van der Waals surface area contributed by atoms with Crippen molar-refractivity contribution in [2.45, 2.75) is 249 Å². The zero-order valence-electron chi connectivity index (χ0n) is 35.4. The molecule has 0 aliphatic carbocycles. The second kappa shape index (κ2) is 37.0. The van der Waals surface area contributed by atoms with E-state index in [1.807, 2.05) is 6.08 Å². The summed E-state index contributed by atoms with van der Waals surface area (Å²) in [7, 11) is 0. The minimum absolute atomic E-state index is 0.185. The van der Waals surface area contributed by atoms with Crippen molar-refractivity contribution in [3.63, 3.8) is 0 Å². The predicted octanol–water partition coefficient (Wildman–Crippen LogP) is 9.50. The zero-order valence-corrected chi connectivity index (χ0v) is 35.4. The van der Waals surface area contributed by atoms with Crippen molar-refractivity contribution in [2.24, 2.45) is 0 Å². The summed E-state index contributed by atoms with van der Waals surface area (Å²) in [4.78, 5) is 12.9. The fraction of sp³-hybridized carbons (Fsp3) is 0.891. The Bertz CT molecular complexity index is 914. The summed E-state index contributed by atoms with van der Waals surface area (Å²) in [5.41, 5.74) is 0. The van der Waals surface area contributed by atoms with Crippen LogP contribution in [0.4, 0.5) is 0 Å². The minimum atomic E-state index is -1.57. The van der Waals surface area contributed by atoms with Crippen molar-refractivity contribution in [3.05, 3.63) is 24.3 Å². The van der Waals surface area contributed by atoms with E-state index >= 15 is 0 Å². The molecule has 55 heavy (non-hydrogen) atoms. The van der Waals surface area contributed by atoms with Crippen LogP contribution >= 0.6 is 0 Å². The summed E-state index contributed by atoms with van der Waals surface area (Å²) >= 11 is 0. The summed E-state index contributed by atoms with van der Waals surface area (Å²) in [5.74, 6) is -0.185. The van der Waals surface area contributed by atoms with Gasteiger partial charge in [-0.15, -0.1) is 0 Å². The SMILES string of the molecule is CCCCCCCCCC/C=C/CC/C=C/C(O)C(COC1OC(CO)C(O)C(O)C1O)NC(=O)CCCCCCCCCCCCCCCCCCCC. The van der Waals surface area contributed by atoms with Gasteiger partial charge in [0.05, 0.1) is 25.4 Å². The third kappa shape index (κ3) is 27.9. The lowest BCUT2D eigenvalue weighted by Crippen LogP contribution is -2.60. The van der Waals surface area contributed by atoms with E-state index in [9.17, 15) is 30.3 Å². The molecule has 0 radical (unpaired) electrons. The monoisotopic (exact) mass is 782 g/mol. The Morgan fingerprint density at radius 1 is 0.600 bits per heavy atom. The van der Waals surface area contributed by atoms with Crippen molar-refractivity contribution in [1.82, 2.24) is 5.32 Å². The molecule has 0 aromatic rings. The molecule has 324 valence electrons. The van der Waals surface area contributed by atoms with Crippen molar-refractivity contribution >= 4 is 5.91 Å². The topological polar surface area (TPSA) is 149 Å². The van der Waals surface area contributed by atoms with Gasteiger partial charge >= 0.3 is 0 Å². The van der Waals surface area contributed by atoms with E-state index in [0.29, 0.717) is 6.42 Å². The number of unbranched alkanes of at least 4 members (excludes halogenated alkanes) is 26. The largest absolute Gasteiger partial charge is 0.394 e. The Kier molecular flexibility index (Phi) is 34.7. The second-order valence-electron chi connectivity index (χ2n) is 16.2. The molecule has 0 bridgehead atoms. The highest BCUT2D eigenvalue weighted by Crippen LogP contribution is 2.22. The number of amides is 1. The molecule has 1 aliphatic rings. The lowest BCUT2D eigenvalue weighted by Gasteiger charge is -2.40. The van der Waals surface area contributed by atoms with Crippen molar-refractivity contribution in [2.75, 3.05) is 13.2 Å². The molecule has 7 atom stereocenters. The van der Waals surface area contributed by atoms with Crippen LogP contribution in [0, 0.1) is 0 Å². The Morgan fingerprint density at radius 3 is 1.53 bits per heavy atom. The van der Waals surface area contributed by atoms with Gasteiger partial charge in [0.15, 0.2) is 6.29 Å². The summed E-state index contributed by atoms with van der Waals surface area (Å²) in [6.07, 6.45) is 36.5. The smallest absolute Gasteiger partial charge is 0.220 e. The third-order valence-electron chi connectivity index (χ3n) is 11.0. The van der Waals surface area contributed by atoms with Crippen LogP contribution in [0.15, 0.2) is 24.3 Å². The number of allylic oxidation sites excluding steroid dienone is 3. The maximum Gasteiger partial charge on any atom is 0.220 e. The highest BCUT2D eigenvalue weighted by atomic mass is 16.7. The molecule has 1 rings (SSSR count). The van der Waals surface area contributed by atoms with Gasteiger partial charge in [-0.25, -0.2) is 0 Å². The van der Waals surface area contributed by atoms with Crippen molar-refractivity contribution < 1.29 is 39.8 Å². The maximum absolute atomic E-state index is 12.9. The van der Waals surface area contributed by atoms with Gasteiger partial charge in [-0.1, -0.05) is 192 Å². The van der Waals surface area contributed by atoms with Crippen LogP contribution in [0.25, 0.3) is 0 Å². The molecule has 1 saturated heterocycles. The first-order valence-electron chi connectivity index (χ1n) is 23.1. The molecular weight excluding hydrogens is 695 g/mol. The molecule has 6 N–H and O–H groups in total. The number of carbonyl (C=O) groups excluding carboxylic acids is 1. The fourth-order valence-electron chi connectivity index (χ4n) is 7.29. The van der Waals surface area contributed by atoms with Crippen LogP contribution in [0.2, 0.25) is 0 Å². The molecule has 1 heterocycles. The summed E-state index contributed by atoms with van der Waals surface area (Å²) in [5, 5.41) is 54.1. The number of hydrogen-bond acceptors (Lipinski definition) is 8. The molecule has 1 fully saturated rings. The summed E-state index contributed by atoms with van der Waals surface area (Å²) < 4.78 is 11.2. The van der Waals surface area contributed by atoms with Gasteiger partial charge in [-0.3, -0.25) is 4.79 Å². The van der Waals surface area contributed by atoms with Crippen molar-refractivity contribution in [1.29, 1.82) is 0 Å². The highest BCUT2D eigenvalue weighted by Gasteiger charge is 2.44. The molecule has 7 unspecified atom stereocenters. The number of ether oxygens (including phenoxy) is 2. The molecule has 0 aromatic carbocycles. The van der Waals surface area contributed by atoms with E-state index in [0.717, 1.165) is 38.5 Å². The number of hydrogen-bond donors (Lipinski definition) is 6. The van der Waals surface area contributed by atoms with E-state index in [-0.39, 0.29) is 12.5 Å². The Balaban J connectivity index is 2.36. The lowest BCUT2D eigenvalue weighted by molar-refractivity contribution is -0.302. The van der Waals surface area contributed by atoms with Crippen LogP contribution < -0.4 is 5.32 Å². The minimum Gasteiger partial charge on any atom is -0.394 e. The number of rotatable bonds is 38. The van der Waals surface area contributed by atoms with Gasteiger partial charge in [0, 0.05) is 6.42 Å². The lowest BCUT2D eigenvalue weighted by atomic mass is 9.99. The average Bonchev–Trinajstić information content (AvgIpc) is 3.18. The van der Waals surface area contributed by atoms with Crippen LogP contribution in [0.5, 0.6) is 0 Å². The average molecular weight is 782 g/mol. The number of aliphatic hydroxyl groups excluding tert-OH is 5. The van der Waals surface area contributed by atoms with Gasteiger partial charge in [0.25, 0.3) is 0 Å². The Morgan fingerprint density at radius 2 is 1.04 bits per heavy atom. The number of aliphatic hydroxyl groups is 5. The summed E-state index contributed by atoms with van der Waals surface area (Å²) in [6.45, 7) is 3.76. The first-order chi connectivity index (χ1) is 26.8. The van der Waals surface area contributed by atoms with E-state index < -0.39 is 49.5 Å². The number of nitrogens with one attached hydrogen (secondary N) is 1. The molecule has 9 heteroatoms.